The zero-order valence-corrected chi connectivity index (χ0v) is 18.7. The van der Waals surface area contributed by atoms with Gasteiger partial charge in [0.05, 0.1) is 47.8 Å². The summed E-state index contributed by atoms with van der Waals surface area (Å²) in [5.74, 6) is -0.273. The average molecular weight is 448 g/mol. The third-order valence-electron chi connectivity index (χ3n) is 6.11. The minimum Gasteiger partial charge on any atom is -0.481 e. The van der Waals surface area contributed by atoms with Crippen LogP contribution in [0.3, 0.4) is 0 Å². The second-order valence-corrected chi connectivity index (χ2v) is 7.98. The molecule has 0 spiro atoms. The Bertz CT molecular complexity index is 1200. The molecule has 0 saturated carbocycles. The number of nitrogens with zero attached hydrogens (tertiary/aromatic N) is 4. The van der Waals surface area contributed by atoms with Crippen molar-refractivity contribution in [3.8, 4) is 22.9 Å². The predicted molar refractivity (Wildman–Crippen MR) is 121 cm³/mol. The number of likely N-dealkylation sites (N-methyl/N-ethyl adjacent to an activating group) is 1. The third kappa shape index (κ3) is 3.79. The van der Waals surface area contributed by atoms with Crippen molar-refractivity contribution in [2.75, 3.05) is 38.8 Å². The molecule has 1 unspecified atom stereocenters. The van der Waals surface area contributed by atoms with Crippen molar-refractivity contribution < 1.29 is 24.3 Å². The number of anilines is 1. The summed E-state index contributed by atoms with van der Waals surface area (Å²) in [6.45, 7) is 1.67. The smallest absolute Gasteiger partial charge is 0.264 e. The molecule has 4 rings (SSSR count). The number of fused-ring (bicyclic) bond motifs is 1. The van der Waals surface area contributed by atoms with Gasteiger partial charge in [0.2, 0.25) is 0 Å². The van der Waals surface area contributed by atoms with Gasteiger partial charge in [-0.1, -0.05) is 23.4 Å². The Hall–Kier alpha value is -3.90. The second kappa shape index (κ2) is 8.92. The Morgan fingerprint density at radius 3 is 2.82 bits per heavy atom. The predicted octanol–water partition coefficient (Wildman–Crippen LogP) is 2.10. The first-order chi connectivity index (χ1) is 15.9. The lowest BCUT2D eigenvalue weighted by atomic mass is 9.93. The van der Waals surface area contributed by atoms with Crippen LogP contribution in [0.5, 0.6) is 5.75 Å². The molecular formula is C24H24N4O5. The summed E-state index contributed by atoms with van der Waals surface area (Å²) < 4.78 is 5.80. The highest BCUT2D eigenvalue weighted by molar-refractivity contribution is 6.09. The maximum atomic E-state index is 13.5. The standard InChI is InChI=1S/C24H24N4O5/c1-14-15(10-25)5-4-6-18(14)19-7-8-20(23-22(19)27(2)21(30)13-33-23)24(31)28-11-16(26-32-3)9-17(28)12-29/h4-8,17,29H,9,11-13H2,1-3H3. The molecule has 0 bridgehead atoms. The summed E-state index contributed by atoms with van der Waals surface area (Å²) in [5, 5.41) is 23.2. The molecule has 1 N–H and O–H groups in total. The molecule has 2 aromatic carbocycles. The number of benzene rings is 2. The summed E-state index contributed by atoms with van der Waals surface area (Å²) in [6.07, 6.45) is 0.412. The maximum Gasteiger partial charge on any atom is 0.264 e. The van der Waals surface area contributed by atoms with Gasteiger partial charge in [0, 0.05) is 19.0 Å². The van der Waals surface area contributed by atoms with Crippen molar-refractivity contribution >= 4 is 23.2 Å². The number of aliphatic hydroxyl groups is 1. The molecule has 0 aliphatic carbocycles. The quantitative estimate of drug-likeness (QED) is 0.717. The number of carbonyl (C=O) groups excluding carboxylic acids is 2. The van der Waals surface area contributed by atoms with Crippen molar-refractivity contribution in [2.45, 2.75) is 19.4 Å². The van der Waals surface area contributed by atoms with E-state index in [2.05, 4.69) is 11.2 Å². The van der Waals surface area contributed by atoms with Gasteiger partial charge in [0.15, 0.2) is 12.4 Å². The molecule has 9 nitrogen and oxygen atoms in total. The molecule has 2 amide bonds. The highest BCUT2D eigenvalue weighted by Crippen LogP contribution is 2.44. The number of ether oxygens (including phenoxy) is 1. The number of oxime groups is 1. The molecule has 2 aliphatic rings. The van der Waals surface area contributed by atoms with Crippen LogP contribution in [0.25, 0.3) is 11.1 Å². The van der Waals surface area contributed by atoms with Crippen molar-refractivity contribution in [1.29, 1.82) is 5.26 Å². The Morgan fingerprint density at radius 1 is 1.33 bits per heavy atom. The summed E-state index contributed by atoms with van der Waals surface area (Å²) in [6, 6.07) is 10.6. The van der Waals surface area contributed by atoms with E-state index in [9.17, 15) is 20.0 Å². The monoisotopic (exact) mass is 448 g/mol. The van der Waals surface area contributed by atoms with E-state index in [-0.39, 0.29) is 31.6 Å². The number of hydrogen-bond acceptors (Lipinski definition) is 7. The second-order valence-electron chi connectivity index (χ2n) is 7.98. The SMILES string of the molecule is CON=C1CC(CO)N(C(=O)c2ccc(-c3cccc(C#N)c3C)c3c2OCC(=O)N3C)C1. The van der Waals surface area contributed by atoms with E-state index in [1.165, 1.54) is 16.9 Å². The maximum absolute atomic E-state index is 13.5. The highest BCUT2D eigenvalue weighted by atomic mass is 16.6. The third-order valence-corrected chi connectivity index (χ3v) is 6.11. The van der Waals surface area contributed by atoms with Crippen molar-refractivity contribution in [3.63, 3.8) is 0 Å². The van der Waals surface area contributed by atoms with Gasteiger partial charge in [-0.3, -0.25) is 9.59 Å². The first kappa shape index (κ1) is 22.3. The molecule has 2 aromatic rings. The van der Waals surface area contributed by atoms with Crippen LogP contribution >= 0.6 is 0 Å². The van der Waals surface area contributed by atoms with Crippen LogP contribution in [0.15, 0.2) is 35.5 Å². The lowest BCUT2D eigenvalue weighted by molar-refractivity contribution is -0.121. The number of carbonyl (C=O) groups is 2. The molecule has 0 radical (unpaired) electrons. The zero-order chi connectivity index (χ0) is 23.7. The fourth-order valence-electron chi connectivity index (χ4n) is 4.36. The molecule has 1 atom stereocenters. The van der Waals surface area contributed by atoms with Crippen molar-refractivity contribution in [2.24, 2.45) is 5.16 Å². The molecule has 2 heterocycles. The van der Waals surface area contributed by atoms with Gasteiger partial charge in [-0.25, -0.2) is 0 Å². The molecule has 0 aromatic heterocycles. The fraction of sp³-hybridized carbons (Fsp3) is 0.333. The summed E-state index contributed by atoms with van der Waals surface area (Å²) in [7, 11) is 3.07. The Labute approximate surface area is 191 Å². The van der Waals surface area contributed by atoms with E-state index in [0.717, 1.165) is 11.1 Å². The normalized spacial score (nSPS) is 18.7. The van der Waals surface area contributed by atoms with E-state index < -0.39 is 6.04 Å². The molecule has 9 heteroatoms. The average Bonchev–Trinajstić information content (AvgIpc) is 3.24. The number of amides is 2. The van der Waals surface area contributed by atoms with Crippen molar-refractivity contribution in [1.82, 2.24) is 4.90 Å². The lowest BCUT2D eigenvalue weighted by Crippen LogP contribution is -2.40. The lowest BCUT2D eigenvalue weighted by Gasteiger charge is -2.31. The summed E-state index contributed by atoms with van der Waals surface area (Å²) in [5.41, 5.74) is 4.19. The number of nitriles is 1. The van der Waals surface area contributed by atoms with Gasteiger partial charge < -0.3 is 24.5 Å². The summed E-state index contributed by atoms with van der Waals surface area (Å²) in [4.78, 5) is 33.9. The van der Waals surface area contributed by atoms with Crippen LogP contribution in [-0.4, -0.2) is 67.5 Å². The van der Waals surface area contributed by atoms with Gasteiger partial charge in [-0.15, -0.1) is 0 Å². The molecule has 1 saturated heterocycles. The minimum atomic E-state index is -0.431. The van der Waals surface area contributed by atoms with Crippen LogP contribution in [0.2, 0.25) is 0 Å². The Kier molecular flexibility index (Phi) is 6.03. The number of aliphatic hydroxyl groups excluding tert-OH is 1. The number of rotatable bonds is 4. The van der Waals surface area contributed by atoms with Gasteiger partial charge >= 0.3 is 0 Å². The van der Waals surface area contributed by atoms with E-state index in [1.807, 2.05) is 13.0 Å². The minimum absolute atomic E-state index is 0.190. The zero-order valence-electron chi connectivity index (χ0n) is 18.7. The molecular weight excluding hydrogens is 424 g/mol. The van der Waals surface area contributed by atoms with Crippen LogP contribution in [-0.2, 0) is 9.63 Å². The van der Waals surface area contributed by atoms with Crippen LogP contribution < -0.4 is 9.64 Å². The Morgan fingerprint density at radius 2 is 2.12 bits per heavy atom. The number of hydrogen-bond donors (Lipinski definition) is 1. The first-order valence-corrected chi connectivity index (χ1v) is 10.5. The highest BCUT2D eigenvalue weighted by Gasteiger charge is 2.37. The van der Waals surface area contributed by atoms with Gasteiger partial charge in [0.1, 0.15) is 7.11 Å². The number of likely N-dealkylation sites (tertiary alicyclic amines) is 1. The van der Waals surface area contributed by atoms with Crippen LogP contribution in [0.1, 0.15) is 27.9 Å². The molecule has 1 fully saturated rings. The Balaban J connectivity index is 1.85. The van der Waals surface area contributed by atoms with E-state index >= 15 is 0 Å². The van der Waals surface area contributed by atoms with Gasteiger partial charge in [0.25, 0.3) is 11.8 Å². The van der Waals surface area contributed by atoms with E-state index in [4.69, 9.17) is 9.57 Å². The molecule has 33 heavy (non-hydrogen) atoms. The van der Waals surface area contributed by atoms with Crippen LogP contribution in [0, 0.1) is 18.3 Å². The summed E-state index contributed by atoms with van der Waals surface area (Å²) >= 11 is 0. The van der Waals surface area contributed by atoms with E-state index in [1.54, 1.807) is 31.3 Å². The van der Waals surface area contributed by atoms with Gasteiger partial charge in [-0.2, -0.15) is 5.26 Å². The molecule has 2 aliphatic heterocycles. The van der Waals surface area contributed by atoms with Gasteiger partial charge in [-0.05, 0) is 30.2 Å². The van der Waals surface area contributed by atoms with Crippen molar-refractivity contribution in [3.05, 3.63) is 47.0 Å². The van der Waals surface area contributed by atoms with E-state index in [0.29, 0.717) is 40.3 Å². The molecule has 170 valence electrons. The first-order valence-electron chi connectivity index (χ1n) is 10.5. The topological polar surface area (TPSA) is 115 Å². The fourth-order valence-corrected chi connectivity index (χ4v) is 4.36. The largest absolute Gasteiger partial charge is 0.481 e. The van der Waals surface area contributed by atoms with Crippen LogP contribution in [0.4, 0.5) is 5.69 Å².